The van der Waals surface area contributed by atoms with Crippen LogP contribution >= 0.6 is 0 Å². The Labute approximate surface area is 134 Å². The first-order chi connectivity index (χ1) is 11.2. The molecule has 0 aliphatic heterocycles. The second-order valence-electron chi connectivity index (χ2n) is 4.68. The number of aliphatic imine (C=N–C) groups is 1. The van der Waals surface area contributed by atoms with Gasteiger partial charge in [-0.05, 0) is 42.0 Å². The van der Waals surface area contributed by atoms with Crippen molar-refractivity contribution in [2.24, 2.45) is 10.7 Å². The van der Waals surface area contributed by atoms with Crippen molar-refractivity contribution < 1.29 is 27.4 Å². The van der Waals surface area contributed by atoms with Crippen LogP contribution in [0.15, 0.2) is 47.5 Å². The summed E-state index contributed by atoms with van der Waals surface area (Å²) in [6.45, 7) is 0.0608. The zero-order chi connectivity index (χ0) is 17.7. The van der Waals surface area contributed by atoms with Crippen molar-refractivity contribution in [2.75, 3.05) is 5.32 Å². The summed E-state index contributed by atoms with van der Waals surface area (Å²) in [6, 6.07) is 8.72. The molecule has 0 amide bonds. The van der Waals surface area contributed by atoms with Crippen molar-refractivity contribution in [1.29, 1.82) is 0 Å². The van der Waals surface area contributed by atoms with Gasteiger partial charge in [-0.15, -0.1) is 13.2 Å². The van der Waals surface area contributed by atoms with Gasteiger partial charge in [0, 0.05) is 5.69 Å². The summed E-state index contributed by atoms with van der Waals surface area (Å²) in [5.41, 5.74) is 6.54. The number of phenols is 1. The molecule has 2 rings (SSSR count). The highest BCUT2D eigenvalue weighted by atomic mass is 19.4. The minimum absolute atomic E-state index is 0.00651. The average molecular weight is 343 g/mol. The zero-order valence-corrected chi connectivity index (χ0v) is 12.1. The largest absolute Gasteiger partial charge is 0.573 e. The first-order valence-electron chi connectivity index (χ1n) is 6.63. The number of phenolic OH excluding ortho intramolecular Hbond substituents is 1. The van der Waals surface area contributed by atoms with Crippen LogP contribution in [0, 0.1) is 5.82 Å². The van der Waals surface area contributed by atoms with E-state index < -0.39 is 17.9 Å². The Kier molecular flexibility index (Phi) is 5.12. The second-order valence-corrected chi connectivity index (χ2v) is 4.68. The Balaban J connectivity index is 1.95. The van der Waals surface area contributed by atoms with Gasteiger partial charge >= 0.3 is 6.36 Å². The van der Waals surface area contributed by atoms with Crippen LogP contribution in [0.4, 0.5) is 23.2 Å². The van der Waals surface area contributed by atoms with Crippen molar-refractivity contribution >= 4 is 11.6 Å². The Morgan fingerprint density at radius 3 is 2.42 bits per heavy atom. The number of nitrogens with two attached hydrogens (primary N) is 1. The Morgan fingerprint density at radius 1 is 1.17 bits per heavy atom. The average Bonchev–Trinajstić information content (AvgIpc) is 2.49. The van der Waals surface area contributed by atoms with Crippen LogP contribution in [0.5, 0.6) is 11.5 Å². The summed E-state index contributed by atoms with van der Waals surface area (Å²) in [5.74, 6) is -1.60. The van der Waals surface area contributed by atoms with E-state index in [0.29, 0.717) is 11.3 Å². The Bertz CT molecular complexity index is 730. The van der Waals surface area contributed by atoms with Crippen LogP contribution in [0.1, 0.15) is 5.56 Å². The number of aromatic hydroxyl groups is 1. The second kappa shape index (κ2) is 7.07. The van der Waals surface area contributed by atoms with Crippen LogP contribution in [0.25, 0.3) is 0 Å². The first-order valence-corrected chi connectivity index (χ1v) is 6.63. The molecule has 128 valence electrons. The van der Waals surface area contributed by atoms with E-state index in [2.05, 4.69) is 15.0 Å². The van der Waals surface area contributed by atoms with E-state index in [0.717, 1.165) is 18.2 Å². The van der Waals surface area contributed by atoms with Crippen LogP contribution in [-0.4, -0.2) is 17.4 Å². The van der Waals surface area contributed by atoms with Gasteiger partial charge in [-0.3, -0.25) is 0 Å². The summed E-state index contributed by atoms with van der Waals surface area (Å²) in [6.07, 6.45) is -4.76. The highest BCUT2D eigenvalue weighted by molar-refractivity contribution is 5.92. The van der Waals surface area contributed by atoms with Crippen molar-refractivity contribution in [2.45, 2.75) is 12.9 Å². The van der Waals surface area contributed by atoms with E-state index in [4.69, 9.17) is 10.8 Å². The topological polar surface area (TPSA) is 79.9 Å². The third-order valence-corrected chi connectivity index (χ3v) is 2.80. The van der Waals surface area contributed by atoms with Gasteiger partial charge in [-0.1, -0.05) is 6.07 Å². The third kappa shape index (κ3) is 5.34. The molecular weight excluding hydrogens is 330 g/mol. The lowest BCUT2D eigenvalue weighted by atomic mass is 10.2. The first kappa shape index (κ1) is 17.4. The van der Waals surface area contributed by atoms with Gasteiger partial charge in [-0.25, -0.2) is 9.38 Å². The number of alkyl halides is 3. The number of benzene rings is 2. The zero-order valence-electron chi connectivity index (χ0n) is 12.1. The summed E-state index contributed by atoms with van der Waals surface area (Å²) < 4.78 is 53.1. The molecule has 0 aliphatic rings. The fraction of sp³-hybridized carbons (Fsp3) is 0.133. The lowest BCUT2D eigenvalue weighted by molar-refractivity contribution is -0.274. The lowest BCUT2D eigenvalue weighted by Gasteiger charge is -2.10. The minimum Gasteiger partial charge on any atom is -0.505 e. The predicted molar refractivity (Wildman–Crippen MR) is 80.1 cm³/mol. The summed E-state index contributed by atoms with van der Waals surface area (Å²) >= 11 is 0. The number of halogens is 4. The number of rotatable bonds is 4. The highest BCUT2D eigenvalue weighted by Gasteiger charge is 2.30. The van der Waals surface area contributed by atoms with Crippen LogP contribution in [0.2, 0.25) is 0 Å². The molecule has 0 aliphatic carbocycles. The van der Waals surface area contributed by atoms with Crippen LogP contribution in [0.3, 0.4) is 0 Å². The highest BCUT2D eigenvalue weighted by Crippen LogP contribution is 2.24. The van der Waals surface area contributed by atoms with Crippen molar-refractivity contribution in [1.82, 2.24) is 0 Å². The van der Waals surface area contributed by atoms with Crippen LogP contribution < -0.4 is 15.8 Å². The quantitative estimate of drug-likeness (QED) is 0.452. The summed E-state index contributed by atoms with van der Waals surface area (Å²) in [7, 11) is 0. The van der Waals surface area contributed by atoms with Crippen LogP contribution in [-0.2, 0) is 6.54 Å². The fourth-order valence-corrected chi connectivity index (χ4v) is 1.75. The monoisotopic (exact) mass is 343 g/mol. The molecular formula is C15H13F4N3O2. The molecule has 2 aromatic rings. The number of nitrogens with zero attached hydrogens (tertiary/aromatic N) is 1. The van der Waals surface area contributed by atoms with E-state index in [1.54, 1.807) is 0 Å². The molecule has 5 nitrogen and oxygen atoms in total. The van der Waals surface area contributed by atoms with E-state index in [-0.39, 0.29) is 18.3 Å². The standard InChI is InChI=1S/C15H13F4N3O2/c16-12-7-9(1-6-13(12)23)8-21-14(20)22-10-2-4-11(5-3-10)24-15(17,18)19/h1-7,23H,8H2,(H3,20,21,22). The lowest BCUT2D eigenvalue weighted by Crippen LogP contribution is -2.22. The molecule has 2 aromatic carbocycles. The predicted octanol–water partition coefficient (Wildman–Crippen LogP) is 3.36. The molecule has 0 bridgehead atoms. The van der Waals surface area contributed by atoms with Crippen molar-refractivity contribution in [3.63, 3.8) is 0 Å². The maximum Gasteiger partial charge on any atom is 0.573 e. The number of hydrogen-bond acceptors (Lipinski definition) is 3. The number of ether oxygens (including phenoxy) is 1. The molecule has 0 unspecified atom stereocenters. The van der Waals surface area contributed by atoms with Crippen molar-refractivity contribution in [3.8, 4) is 11.5 Å². The van der Waals surface area contributed by atoms with Gasteiger partial charge in [0.1, 0.15) is 5.75 Å². The van der Waals surface area contributed by atoms with Gasteiger partial charge in [0.25, 0.3) is 0 Å². The van der Waals surface area contributed by atoms with E-state index in [1.165, 1.54) is 24.3 Å². The van der Waals surface area contributed by atoms with E-state index in [1.807, 2.05) is 0 Å². The number of nitrogens with one attached hydrogen (secondary N) is 1. The molecule has 0 aromatic heterocycles. The molecule has 0 saturated carbocycles. The van der Waals surface area contributed by atoms with E-state index in [9.17, 15) is 17.6 Å². The van der Waals surface area contributed by atoms with Gasteiger partial charge in [0.05, 0.1) is 6.54 Å². The molecule has 0 radical (unpaired) electrons. The molecule has 9 heteroatoms. The van der Waals surface area contributed by atoms with Gasteiger partial charge < -0.3 is 20.9 Å². The molecule has 0 heterocycles. The molecule has 0 atom stereocenters. The molecule has 0 spiro atoms. The third-order valence-electron chi connectivity index (χ3n) is 2.80. The van der Waals surface area contributed by atoms with Crippen molar-refractivity contribution in [3.05, 3.63) is 53.8 Å². The number of guanidine groups is 1. The van der Waals surface area contributed by atoms with Gasteiger partial charge in [0.2, 0.25) is 0 Å². The van der Waals surface area contributed by atoms with E-state index >= 15 is 0 Å². The summed E-state index contributed by atoms with van der Waals surface area (Å²) in [5, 5.41) is 11.8. The molecule has 0 saturated heterocycles. The van der Waals surface area contributed by atoms with Gasteiger partial charge in [-0.2, -0.15) is 0 Å². The van der Waals surface area contributed by atoms with Gasteiger partial charge in [0.15, 0.2) is 17.5 Å². The smallest absolute Gasteiger partial charge is 0.505 e. The normalized spacial score (nSPS) is 12.1. The molecule has 24 heavy (non-hydrogen) atoms. The molecule has 4 N–H and O–H groups in total. The SMILES string of the molecule is NC(=NCc1ccc(O)c(F)c1)Nc1ccc(OC(F)(F)F)cc1. The number of anilines is 1. The number of hydrogen-bond donors (Lipinski definition) is 3. The Morgan fingerprint density at radius 2 is 1.83 bits per heavy atom. The fourth-order valence-electron chi connectivity index (χ4n) is 1.75. The summed E-state index contributed by atoms with van der Waals surface area (Å²) in [4.78, 5) is 3.97. The maximum absolute atomic E-state index is 13.2. The minimum atomic E-state index is -4.76. The maximum atomic E-state index is 13.2. The molecule has 0 fully saturated rings. The Hall–Kier alpha value is -2.97.